The number of rotatable bonds is 5. The Bertz CT molecular complexity index is 97.4. The summed E-state index contributed by atoms with van der Waals surface area (Å²) in [6.45, 7) is 4.42. The Morgan fingerprint density at radius 3 is 2.60 bits per heavy atom. The number of hydrogen-bond donors (Lipinski definition) is 2. The van der Waals surface area contributed by atoms with Gasteiger partial charge in [-0.2, -0.15) is 0 Å². The van der Waals surface area contributed by atoms with E-state index in [0.717, 1.165) is 19.5 Å². The quantitative estimate of drug-likeness (QED) is 0.559. The molecule has 2 nitrogen and oxygen atoms in total. The Morgan fingerprint density at radius 2 is 2.10 bits per heavy atom. The molecule has 0 amide bonds. The molecule has 0 atom stereocenters. The average molecular weight is 142 g/mol. The summed E-state index contributed by atoms with van der Waals surface area (Å²) in [5, 5.41) is 3.35. The SMILES string of the molecule is CCCNCCC1(N)CC1. The summed E-state index contributed by atoms with van der Waals surface area (Å²) in [7, 11) is 0. The van der Waals surface area contributed by atoms with Gasteiger partial charge in [-0.25, -0.2) is 0 Å². The summed E-state index contributed by atoms with van der Waals surface area (Å²) >= 11 is 0. The first-order chi connectivity index (χ1) is 4.77. The largest absolute Gasteiger partial charge is 0.325 e. The van der Waals surface area contributed by atoms with Crippen molar-refractivity contribution in [1.29, 1.82) is 0 Å². The van der Waals surface area contributed by atoms with Crippen LogP contribution in [0.1, 0.15) is 32.6 Å². The van der Waals surface area contributed by atoms with Crippen molar-refractivity contribution in [2.75, 3.05) is 13.1 Å². The van der Waals surface area contributed by atoms with Crippen LogP contribution in [0, 0.1) is 0 Å². The minimum atomic E-state index is 0.237. The maximum absolute atomic E-state index is 5.89. The van der Waals surface area contributed by atoms with Crippen LogP contribution in [0.3, 0.4) is 0 Å². The molecule has 10 heavy (non-hydrogen) atoms. The molecule has 0 aromatic rings. The van der Waals surface area contributed by atoms with Gasteiger partial charge in [0, 0.05) is 5.54 Å². The maximum Gasteiger partial charge on any atom is 0.0167 e. The molecule has 3 N–H and O–H groups in total. The molecule has 2 heteroatoms. The van der Waals surface area contributed by atoms with Gasteiger partial charge in [-0.05, 0) is 38.8 Å². The number of hydrogen-bond acceptors (Lipinski definition) is 2. The van der Waals surface area contributed by atoms with Gasteiger partial charge in [0.15, 0.2) is 0 Å². The second kappa shape index (κ2) is 3.35. The summed E-state index contributed by atoms with van der Waals surface area (Å²) in [5.41, 5.74) is 6.13. The molecule has 0 aromatic carbocycles. The molecule has 0 heterocycles. The molecule has 1 aliphatic carbocycles. The van der Waals surface area contributed by atoms with E-state index in [4.69, 9.17) is 5.73 Å². The molecule has 60 valence electrons. The lowest BCUT2D eigenvalue weighted by molar-refractivity contribution is 0.552. The van der Waals surface area contributed by atoms with Crippen LogP contribution >= 0.6 is 0 Å². The molecule has 0 spiro atoms. The van der Waals surface area contributed by atoms with Crippen molar-refractivity contribution in [3.8, 4) is 0 Å². The fourth-order valence-corrected chi connectivity index (χ4v) is 1.05. The first kappa shape index (κ1) is 8.02. The molecule has 1 rings (SSSR count). The molecule has 0 bridgehead atoms. The Labute approximate surface area is 63.2 Å². The van der Waals surface area contributed by atoms with Crippen molar-refractivity contribution in [1.82, 2.24) is 5.32 Å². The second-order valence-corrected chi connectivity index (χ2v) is 3.36. The lowest BCUT2D eigenvalue weighted by atomic mass is 10.2. The van der Waals surface area contributed by atoms with E-state index in [9.17, 15) is 0 Å². The van der Waals surface area contributed by atoms with Crippen molar-refractivity contribution >= 4 is 0 Å². The molecule has 1 aliphatic rings. The van der Waals surface area contributed by atoms with Gasteiger partial charge in [-0.1, -0.05) is 6.92 Å². The molecule has 0 aliphatic heterocycles. The van der Waals surface area contributed by atoms with E-state index < -0.39 is 0 Å². The first-order valence-corrected chi connectivity index (χ1v) is 4.26. The summed E-state index contributed by atoms with van der Waals surface area (Å²) < 4.78 is 0. The van der Waals surface area contributed by atoms with Gasteiger partial charge in [0.05, 0.1) is 0 Å². The minimum Gasteiger partial charge on any atom is -0.325 e. The molecule has 0 radical (unpaired) electrons. The normalized spacial score (nSPS) is 21.0. The van der Waals surface area contributed by atoms with E-state index in [1.807, 2.05) is 0 Å². The standard InChI is InChI=1S/C8H18N2/c1-2-6-10-7-5-8(9)3-4-8/h10H,2-7,9H2,1H3. The van der Waals surface area contributed by atoms with Crippen LogP contribution in [0.2, 0.25) is 0 Å². The van der Waals surface area contributed by atoms with Crippen molar-refractivity contribution in [2.45, 2.75) is 38.1 Å². The van der Waals surface area contributed by atoms with Gasteiger partial charge in [-0.15, -0.1) is 0 Å². The molecule has 0 aromatic heterocycles. The van der Waals surface area contributed by atoms with Gasteiger partial charge in [-0.3, -0.25) is 0 Å². The predicted molar refractivity (Wildman–Crippen MR) is 43.9 cm³/mol. The summed E-state index contributed by atoms with van der Waals surface area (Å²) in [6.07, 6.45) is 4.85. The highest BCUT2D eigenvalue weighted by Crippen LogP contribution is 2.34. The first-order valence-electron chi connectivity index (χ1n) is 4.26. The second-order valence-electron chi connectivity index (χ2n) is 3.36. The van der Waals surface area contributed by atoms with Crippen LogP contribution in [-0.2, 0) is 0 Å². The van der Waals surface area contributed by atoms with E-state index in [0.29, 0.717) is 0 Å². The Balaban J connectivity index is 1.86. The lowest BCUT2D eigenvalue weighted by Gasteiger charge is -2.07. The van der Waals surface area contributed by atoms with Crippen LogP contribution in [0.15, 0.2) is 0 Å². The summed E-state index contributed by atoms with van der Waals surface area (Å²) in [4.78, 5) is 0. The third kappa shape index (κ3) is 2.67. The van der Waals surface area contributed by atoms with Gasteiger partial charge < -0.3 is 11.1 Å². The monoisotopic (exact) mass is 142 g/mol. The number of nitrogens with one attached hydrogen (secondary N) is 1. The minimum absolute atomic E-state index is 0.237. The van der Waals surface area contributed by atoms with Crippen molar-refractivity contribution in [3.05, 3.63) is 0 Å². The molecule has 0 unspecified atom stereocenters. The maximum atomic E-state index is 5.89. The fraction of sp³-hybridized carbons (Fsp3) is 1.00. The average Bonchev–Trinajstić information content (AvgIpc) is 2.62. The van der Waals surface area contributed by atoms with Crippen LogP contribution in [0.4, 0.5) is 0 Å². The zero-order chi connectivity index (χ0) is 7.45. The van der Waals surface area contributed by atoms with Gasteiger partial charge >= 0.3 is 0 Å². The van der Waals surface area contributed by atoms with Gasteiger partial charge in [0.25, 0.3) is 0 Å². The highest BCUT2D eigenvalue weighted by molar-refractivity contribution is 4.98. The topological polar surface area (TPSA) is 38.0 Å². The summed E-state index contributed by atoms with van der Waals surface area (Å²) in [5.74, 6) is 0. The van der Waals surface area contributed by atoms with E-state index in [1.165, 1.54) is 19.3 Å². The number of nitrogens with two attached hydrogens (primary N) is 1. The smallest absolute Gasteiger partial charge is 0.0167 e. The van der Waals surface area contributed by atoms with E-state index in [1.54, 1.807) is 0 Å². The Hall–Kier alpha value is -0.0800. The van der Waals surface area contributed by atoms with Crippen LogP contribution in [0.5, 0.6) is 0 Å². The molecule has 0 saturated heterocycles. The van der Waals surface area contributed by atoms with Gasteiger partial charge in [0.1, 0.15) is 0 Å². The molecule has 1 fully saturated rings. The third-order valence-corrected chi connectivity index (χ3v) is 2.12. The predicted octanol–water partition coefficient (Wildman–Crippen LogP) is 0.867. The highest BCUT2D eigenvalue weighted by atomic mass is 14.9. The third-order valence-electron chi connectivity index (χ3n) is 2.12. The summed E-state index contributed by atoms with van der Waals surface area (Å²) in [6, 6.07) is 0. The Kier molecular flexibility index (Phi) is 2.69. The lowest BCUT2D eigenvalue weighted by Crippen LogP contribution is -2.28. The van der Waals surface area contributed by atoms with Gasteiger partial charge in [0.2, 0.25) is 0 Å². The van der Waals surface area contributed by atoms with E-state index >= 15 is 0 Å². The molecular weight excluding hydrogens is 124 g/mol. The zero-order valence-corrected chi connectivity index (χ0v) is 6.82. The Morgan fingerprint density at radius 1 is 1.40 bits per heavy atom. The fourth-order valence-electron chi connectivity index (χ4n) is 1.05. The van der Waals surface area contributed by atoms with Crippen molar-refractivity contribution in [3.63, 3.8) is 0 Å². The molecule has 1 saturated carbocycles. The van der Waals surface area contributed by atoms with Crippen molar-refractivity contribution < 1.29 is 0 Å². The van der Waals surface area contributed by atoms with Crippen molar-refractivity contribution in [2.24, 2.45) is 5.73 Å². The van der Waals surface area contributed by atoms with Crippen LogP contribution in [0.25, 0.3) is 0 Å². The van der Waals surface area contributed by atoms with Crippen LogP contribution in [-0.4, -0.2) is 18.6 Å². The van der Waals surface area contributed by atoms with E-state index in [-0.39, 0.29) is 5.54 Å². The zero-order valence-electron chi connectivity index (χ0n) is 6.82. The molecular formula is C8H18N2. The highest BCUT2D eigenvalue weighted by Gasteiger charge is 2.36. The van der Waals surface area contributed by atoms with E-state index in [2.05, 4.69) is 12.2 Å². The van der Waals surface area contributed by atoms with Crippen LogP contribution < -0.4 is 11.1 Å².